The summed E-state index contributed by atoms with van der Waals surface area (Å²) >= 11 is 2.89. The molecule has 1 aliphatic heterocycles. The Balaban J connectivity index is 0.000000248. The van der Waals surface area contributed by atoms with Crippen molar-refractivity contribution in [3.8, 4) is 12.1 Å². The Morgan fingerprint density at radius 1 is 0.767 bits per heavy atom. The molecule has 0 atom stereocenters. The lowest BCUT2D eigenvalue weighted by atomic mass is 9.78. The molecule has 2 aromatic carbocycles. The zero-order valence-electron chi connectivity index (χ0n) is 16.5. The number of nitriles is 2. The molecular weight excluding hydrogens is 467 g/mol. The molecule has 1 aliphatic rings. The first-order valence-corrected chi connectivity index (χ1v) is 9.41. The van der Waals surface area contributed by atoms with Gasteiger partial charge in [0.1, 0.15) is 46.5 Å². The predicted octanol–water partition coefficient (Wildman–Crippen LogP) is 4.73. The first kappa shape index (κ1) is 23.9. The second kappa shape index (κ2) is 8.77. The highest BCUT2D eigenvalue weighted by atomic mass is 79.9. The molecule has 0 unspecified atom stereocenters. The van der Waals surface area contributed by atoms with Gasteiger partial charge in [-0.1, -0.05) is 15.9 Å². The predicted molar refractivity (Wildman–Crippen MR) is 106 cm³/mol. The van der Waals surface area contributed by atoms with Gasteiger partial charge in [0, 0.05) is 4.47 Å². The van der Waals surface area contributed by atoms with Crippen LogP contribution in [0.3, 0.4) is 0 Å². The maximum atomic E-state index is 13.6. The van der Waals surface area contributed by atoms with E-state index in [1.807, 2.05) is 27.7 Å². The van der Waals surface area contributed by atoms with Crippen molar-refractivity contribution in [2.45, 2.75) is 38.9 Å². The van der Waals surface area contributed by atoms with Crippen LogP contribution in [0, 0.1) is 45.9 Å². The van der Waals surface area contributed by atoms with Crippen molar-refractivity contribution in [2.24, 2.45) is 0 Å². The molecule has 0 saturated carbocycles. The van der Waals surface area contributed by atoms with Gasteiger partial charge in [0.15, 0.2) is 0 Å². The van der Waals surface area contributed by atoms with Gasteiger partial charge in [-0.3, -0.25) is 0 Å². The molecular formula is C20H16BBrF4N2O2. The molecule has 10 heteroatoms. The lowest BCUT2D eigenvalue weighted by Crippen LogP contribution is -2.41. The molecule has 2 aromatic rings. The number of nitrogens with zero attached hydrogens (tertiary/aromatic N) is 2. The summed E-state index contributed by atoms with van der Waals surface area (Å²) in [6.45, 7) is 7.40. The molecule has 0 aliphatic carbocycles. The van der Waals surface area contributed by atoms with Crippen LogP contribution in [-0.2, 0) is 9.31 Å². The average Bonchev–Trinajstić information content (AvgIpc) is 2.82. The summed E-state index contributed by atoms with van der Waals surface area (Å²) in [4.78, 5) is 0. The Hall–Kier alpha value is -2.40. The Kier molecular flexibility index (Phi) is 6.98. The topological polar surface area (TPSA) is 66.0 Å². The van der Waals surface area contributed by atoms with Gasteiger partial charge in [0.25, 0.3) is 0 Å². The molecule has 1 heterocycles. The molecule has 4 nitrogen and oxygen atoms in total. The van der Waals surface area contributed by atoms with E-state index in [1.165, 1.54) is 12.1 Å². The summed E-state index contributed by atoms with van der Waals surface area (Å²) < 4.78 is 64.1. The highest BCUT2D eigenvalue weighted by molar-refractivity contribution is 9.10. The molecule has 1 fully saturated rings. The van der Waals surface area contributed by atoms with Gasteiger partial charge < -0.3 is 9.31 Å². The van der Waals surface area contributed by atoms with E-state index in [0.717, 1.165) is 24.3 Å². The van der Waals surface area contributed by atoms with E-state index in [2.05, 4.69) is 15.9 Å². The van der Waals surface area contributed by atoms with Crippen molar-refractivity contribution < 1.29 is 26.9 Å². The Bertz CT molecular complexity index is 1000. The highest BCUT2D eigenvalue weighted by Crippen LogP contribution is 2.36. The van der Waals surface area contributed by atoms with Gasteiger partial charge in [0.05, 0.1) is 11.2 Å². The fraction of sp³-hybridized carbons (Fsp3) is 0.300. The largest absolute Gasteiger partial charge is 0.495 e. The van der Waals surface area contributed by atoms with Gasteiger partial charge in [-0.15, -0.1) is 0 Å². The zero-order chi connectivity index (χ0) is 22.9. The van der Waals surface area contributed by atoms with Crippen LogP contribution in [0.5, 0.6) is 0 Å². The lowest BCUT2D eigenvalue weighted by molar-refractivity contribution is 0.00578. The van der Waals surface area contributed by atoms with E-state index in [0.29, 0.717) is 0 Å². The summed E-state index contributed by atoms with van der Waals surface area (Å²) in [7, 11) is -0.846. The summed E-state index contributed by atoms with van der Waals surface area (Å²) in [5.41, 5.74) is -2.09. The summed E-state index contributed by atoms with van der Waals surface area (Å²) in [6, 6.07) is 7.14. The number of rotatable bonds is 1. The molecule has 0 N–H and O–H groups in total. The maximum Gasteiger partial charge on any atom is 0.495 e. The van der Waals surface area contributed by atoms with Gasteiger partial charge >= 0.3 is 7.12 Å². The fourth-order valence-electron chi connectivity index (χ4n) is 2.46. The van der Waals surface area contributed by atoms with Crippen LogP contribution in [0.2, 0.25) is 0 Å². The number of halogens is 5. The van der Waals surface area contributed by atoms with E-state index < -0.39 is 52.7 Å². The maximum absolute atomic E-state index is 13.6. The third kappa shape index (κ3) is 4.84. The molecule has 0 amide bonds. The summed E-state index contributed by atoms with van der Waals surface area (Å²) in [6.07, 6.45) is 0. The zero-order valence-corrected chi connectivity index (χ0v) is 18.1. The van der Waals surface area contributed by atoms with Crippen LogP contribution in [0.25, 0.3) is 0 Å². The first-order chi connectivity index (χ1) is 13.8. The Morgan fingerprint density at radius 3 is 1.43 bits per heavy atom. The minimum Gasteiger partial charge on any atom is -0.399 e. The smallest absolute Gasteiger partial charge is 0.399 e. The molecule has 30 heavy (non-hydrogen) atoms. The van der Waals surface area contributed by atoms with Crippen molar-refractivity contribution >= 4 is 28.5 Å². The lowest BCUT2D eigenvalue weighted by Gasteiger charge is -2.32. The quantitative estimate of drug-likeness (QED) is 0.435. The average molecular weight is 483 g/mol. The highest BCUT2D eigenvalue weighted by Gasteiger charge is 2.52. The van der Waals surface area contributed by atoms with Crippen LogP contribution < -0.4 is 5.46 Å². The molecule has 156 valence electrons. The van der Waals surface area contributed by atoms with E-state index in [1.54, 1.807) is 0 Å². The number of hydrogen-bond donors (Lipinski definition) is 0. The summed E-state index contributed by atoms with van der Waals surface area (Å²) in [5, 5.41) is 16.9. The van der Waals surface area contributed by atoms with Gasteiger partial charge in [-0.05, 0) is 57.4 Å². The van der Waals surface area contributed by atoms with Gasteiger partial charge in [-0.25, -0.2) is 17.6 Å². The molecule has 0 bridgehead atoms. The van der Waals surface area contributed by atoms with Crippen molar-refractivity contribution in [3.05, 3.63) is 63.1 Å². The van der Waals surface area contributed by atoms with Crippen molar-refractivity contribution in [2.75, 3.05) is 0 Å². The van der Waals surface area contributed by atoms with Gasteiger partial charge in [0.2, 0.25) is 0 Å². The van der Waals surface area contributed by atoms with E-state index in [-0.39, 0.29) is 9.94 Å². The van der Waals surface area contributed by atoms with E-state index in [9.17, 15) is 17.6 Å². The molecule has 0 radical (unpaired) electrons. The van der Waals surface area contributed by atoms with Crippen LogP contribution in [0.4, 0.5) is 17.6 Å². The van der Waals surface area contributed by atoms with Crippen LogP contribution >= 0.6 is 15.9 Å². The fourth-order valence-corrected chi connectivity index (χ4v) is 2.87. The Morgan fingerprint density at radius 2 is 1.10 bits per heavy atom. The minimum absolute atomic E-state index is 0.229. The molecule has 0 spiro atoms. The molecule has 3 rings (SSSR count). The number of benzene rings is 2. The second-order valence-electron chi connectivity index (χ2n) is 7.42. The van der Waals surface area contributed by atoms with Crippen molar-refractivity contribution in [1.29, 1.82) is 10.5 Å². The van der Waals surface area contributed by atoms with Crippen LogP contribution in [0.15, 0.2) is 28.7 Å². The second-order valence-corrected chi connectivity index (χ2v) is 8.33. The monoisotopic (exact) mass is 482 g/mol. The SMILES string of the molecule is CC1(C)OB(c2cc(F)c(C#N)c(F)c2)OC1(C)C.N#Cc1c(F)cc(Br)cc1F. The third-order valence-corrected chi connectivity index (χ3v) is 5.28. The first-order valence-electron chi connectivity index (χ1n) is 8.62. The summed E-state index contributed by atoms with van der Waals surface area (Å²) in [5.74, 6) is -3.52. The molecule has 1 saturated heterocycles. The van der Waals surface area contributed by atoms with Crippen LogP contribution in [0.1, 0.15) is 38.8 Å². The van der Waals surface area contributed by atoms with Crippen molar-refractivity contribution in [3.63, 3.8) is 0 Å². The number of hydrogen-bond acceptors (Lipinski definition) is 4. The van der Waals surface area contributed by atoms with Crippen molar-refractivity contribution in [1.82, 2.24) is 0 Å². The van der Waals surface area contributed by atoms with E-state index >= 15 is 0 Å². The Labute approximate surface area is 180 Å². The standard InChI is InChI=1S/C13H14BF2NO2.C7H2BrF2N/c1-12(2)13(3,4)19-14(18-12)8-5-10(15)9(7-17)11(16)6-8;8-4-1-6(9)5(3-11)7(10)2-4/h5-6H,1-4H3;1-2H. The molecule has 0 aromatic heterocycles. The van der Waals surface area contributed by atoms with E-state index in [4.69, 9.17) is 19.8 Å². The van der Waals surface area contributed by atoms with Crippen LogP contribution in [-0.4, -0.2) is 18.3 Å². The normalized spacial score (nSPS) is 16.3. The minimum atomic E-state index is -0.910. The van der Waals surface area contributed by atoms with Gasteiger partial charge in [-0.2, -0.15) is 10.5 Å². The third-order valence-electron chi connectivity index (χ3n) is 4.82.